The van der Waals surface area contributed by atoms with Crippen molar-refractivity contribution in [1.29, 1.82) is 0 Å². The molecule has 0 amide bonds. The topological polar surface area (TPSA) is 34.9 Å². The zero-order chi connectivity index (χ0) is 12.5. The highest BCUT2D eigenvalue weighted by molar-refractivity contribution is 7.98. The Kier molecular flexibility index (Phi) is 3.26. The van der Waals surface area contributed by atoms with Crippen molar-refractivity contribution in [2.24, 2.45) is 7.05 Å². The van der Waals surface area contributed by atoms with E-state index >= 15 is 0 Å². The number of ketones is 1. The van der Waals surface area contributed by atoms with E-state index in [4.69, 9.17) is 0 Å². The average molecular weight is 278 g/mol. The van der Waals surface area contributed by atoms with E-state index in [0.29, 0.717) is 6.42 Å². The molecule has 0 aliphatic carbocycles. The molecule has 94 valence electrons. The smallest absolute Gasteiger partial charge is 0.178 e. The van der Waals surface area contributed by atoms with Crippen LogP contribution in [-0.2, 0) is 25.6 Å². The van der Waals surface area contributed by atoms with Gasteiger partial charge in [0, 0.05) is 23.9 Å². The van der Waals surface area contributed by atoms with Crippen molar-refractivity contribution >= 4 is 28.9 Å². The third-order valence-corrected chi connectivity index (χ3v) is 5.30. The normalized spacial score (nSPS) is 14.5. The van der Waals surface area contributed by atoms with Crippen LogP contribution in [0.2, 0.25) is 0 Å². The van der Waals surface area contributed by atoms with Crippen LogP contribution in [0.3, 0.4) is 0 Å². The number of hydrogen-bond donors (Lipinski definition) is 0. The lowest BCUT2D eigenvalue weighted by Crippen LogP contribution is -2.02. The fourth-order valence-corrected chi connectivity index (χ4v) is 4.40. The maximum Gasteiger partial charge on any atom is 0.178 e. The largest absolute Gasteiger partial charge is 0.293 e. The van der Waals surface area contributed by atoms with Gasteiger partial charge in [-0.05, 0) is 29.9 Å². The molecule has 18 heavy (non-hydrogen) atoms. The quantitative estimate of drug-likeness (QED) is 0.810. The molecular weight excluding hydrogens is 264 g/mol. The van der Waals surface area contributed by atoms with E-state index in [-0.39, 0.29) is 5.78 Å². The van der Waals surface area contributed by atoms with Gasteiger partial charge in [-0.1, -0.05) is 0 Å². The summed E-state index contributed by atoms with van der Waals surface area (Å²) in [6.07, 6.45) is 3.40. The summed E-state index contributed by atoms with van der Waals surface area (Å²) in [5.74, 6) is 2.43. The SMILES string of the molecule is Cn1ccc(CC(=O)c2cc3c(s2)CCSC3)n1. The van der Waals surface area contributed by atoms with Crippen molar-refractivity contribution in [3.8, 4) is 0 Å². The van der Waals surface area contributed by atoms with E-state index in [1.807, 2.05) is 31.1 Å². The van der Waals surface area contributed by atoms with Crippen molar-refractivity contribution in [3.63, 3.8) is 0 Å². The molecule has 2 aromatic heterocycles. The molecule has 3 rings (SSSR count). The molecular formula is C13H14N2OS2. The van der Waals surface area contributed by atoms with E-state index < -0.39 is 0 Å². The second kappa shape index (κ2) is 4.90. The number of aromatic nitrogens is 2. The van der Waals surface area contributed by atoms with Crippen molar-refractivity contribution in [3.05, 3.63) is 39.3 Å². The van der Waals surface area contributed by atoms with Gasteiger partial charge in [0.2, 0.25) is 0 Å². The fourth-order valence-electron chi connectivity index (χ4n) is 2.09. The molecule has 5 heteroatoms. The molecule has 3 nitrogen and oxygen atoms in total. The first-order valence-corrected chi connectivity index (χ1v) is 7.90. The molecule has 3 heterocycles. The molecule has 0 radical (unpaired) electrons. The number of carbonyl (C=O) groups excluding carboxylic acids is 1. The van der Waals surface area contributed by atoms with Gasteiger partial charge in [-0.15, -0.1) is 11.3 Å². The Bertz CT molecular complexity index is 562. The Hall–Kier alpha value is -1.07. The van der Waals surface area contributed by atoms with Gasteiger partial charge in [0.05, 0.1) is 17.0 Å². The van der Waals surface area contributed by atoms with E-state index in [0.717, 1.165) is 22.7 Å². The van der Waals surface area contributed by atoms with Crippen molar-refractivity contribution in [1.82, 2.24) is 9.78 Å². The van der Waals surface area contributed by atoms with E-state index in [9.17, 15) is 4.79 Å². The van der Waals surface area contributed by atoms with Crippen LogP contribution in [0.4, 0.5) is 0 Å². The molecule has 0 fully saturated rings. The third kappa shape index (κ3) is 2.37. The molecule has 2 aromatic rings. The van der Waals surface area contributed by atoms with Crippen LogP contribution in [0, 0.1) is 0 Å². The first-order chi connectivity index (χ1) is 8.72. The zero-order valence-corrected chi connectivity index (χ0v) is 11.8. The van der Waals surface area contributed by atoms with Crippen LogP contribution in [0.25, 0.3) is 0 Å². The third-order valence-electron chi connectivity index (χ3n) is 3.01. The van der Waals surface area contributed by atoms with Gasteiger partial charge in [0.1, 0.15) is 0 Å². The van der Waals surface area contributed by atoms with Crippen LogP contribution >= 0.6 is 23.1 Å². The van der Waals surface area contributed by atoms with Gasteiger partial charge < -0.3 is 0 Å². The van der Waals surface area contributed by atoms with E-state index in [2.05, 4.69) is 11.2 Å². The minimum atomic E-state index is 0.193. The van der Waals surface area contributed by atoms with Gasteiger partial charge in [-0.3, -0.25) is 9.48 Å². The number of thioether (sulfide) groups is 1. The highest BCUT2D eigenvalue weighted by Crippen LogP contribution is 2.32. The number of carbonyl (C=O) groups is 1. The predicted molar refractivity (Wildman–Crippen MR) is 75.4 cm³/mol. The fraction of sp³-hybridized carbons (Fsp3) is 0.385. The molecule has 0 saturated carbocycles. The lowest BCUT2D eigenvalue weighted by atomic mass is 10.1. The number of hydrogen-bond acceptors (Lipinski definition) is 4. The predicted octanol–water partition coefficient (Wildman–Crippen LogP) is 2.70. The summed E-state index contributed by atoms with van der Waals surface area (Å²) in [6, 6.07) is 3.98. The lowest BCUT2D eigenvalue weighted by Gasteiger charge is -2.08. The maximum absolute atomic E-state index is 12.2. The van der Waals surface area contributed by atoms with Crippen LogP contribution in [0.1, 0.15) is 25.8 Å². The molecule has 0 saturated heterocycles. The number of Topliss-reactive ketones (excluding diaryl/α,β-unsaturated/α-hetero) is 1. The van der Waals surface area contributed by atoms with Crippen molar-refractivity contribution in [2.45, 2.75) is 18.6 Å². The minimum Gasteiger partial charge on any atom is -0.293 e. The number of thiophene rings is 1. The second-order valence-corrected chi connectivity index (χ2v) is 6.68. The van der Waals surface area contributed by atoms with Crippen molar-refractivity contribution in [2.75, 3.05) is 5.75 Å². The van der Waals surface area contributed by atoms with Crippen molar-refractivity contribution < 1.29 is 4.79 Å². The summed E-state index contributed by atoms with van der Waals surface area (Å²) in [4.78, 5) is 14.5. The van der Waals surface area contributed by atoms with Gasteiger partial charge in [0.15, 0.2) is 5.78 Å². The van der Waals surface area contributed by atoms with E-state index in [1.165, 1.54) is 16.2 Å². The number of fused-ring (bicyclic) bond motifs is 1. The maximum atomic E-state index is 12.2. The number of rotatable bonds is 3. The molecule has 0 N–H and O–H groups in total. The Morgan fingerprint density at radius 3 is 3.17 bits per heavy atom. The highest BCUT2D eigenvalue weighted by Gasteiger charge is 2.18. The first kappa shape index (κ1) is 12.0. The van der Waals surface area contributed by atoms with Crippen LogP contribution in [0.5, 0.6) is 0 Å². The van der Waals surface area contributed by atoms with E-state index in [1.54, 1.807) is 16.0 Å². The second-order valence-electron chi connectivity index (χ2n) is 4.44. The Morgan fingerprint density at radius 1 is 1.56 bits per heavy atom. The van der Waals surface area contributed by atoms with Crippen LogP contribution in [0.15, 0.2) is 18.3 Å². The Labute approximate surface area is 114 Å². The monoisotopic (exact) mass is 278 g/mol. The number of aryl methyl sites for hydroxylation is 2. The minimum absolute atomic E-state index is 0.193. The molecule has 0 aromatic carbocycles. The summed E-state index contributed by atoms with van der Waals surface area (Å²) < 4.78 is 1.73. The van der Waals surface area contributed by atoms with Crippen LogP contribution in [-0.4, -0.2) is 21.3 Å². The molecule has 0 spiro atoms. The Balaban J connectivity index is 1.78. The summed E-state index contributed by atoms with van der Waals surface area (Å²) in [6.45, 7) is 0. The van der Waals surface area contributed by atoms with Gasteiger partial charge in [0.25, 0.3) is 0 Å². The highest BCUT2D eigenvalue weighted by atomic mass is 32.2. The average Bonchev–Trinajstić information content (AvgIpc) is 2.95. The number of nitrogens with zero attached hydrogens (tertiary/aromatic N) is 2. The molecule has 0 bridgehead atoms. The first-order valence-electron chi connectivity index (χ1n) is 5.93. The molecule has 0 atom stereocenters. The summed E-state index contributed by atoms with van der Waals surface area (Å²) in [5, 5.41) is 4.25. The van der Waals surface area contributed by atoms with Gasteiger partial charge >= 0.3 is 0 Å². The lowest BCUT2D eigenvalue weighted by molar-refractivity contribution is 0.0995. The summed E-state index contributed by atoms with van der Waals surface area (Å²) >= 11 is 3.62. The molecule has 0 unspecified atom stereocenters. The van der Waals surface area contributed by atoms with Gasteiger partial charge in [-0.25, -0.2) is 0 Å². The standard InChI is InChI=1S/C13H14N2OS2/c1-15-4-2-10(14-15)7-11(16)13-6-9-8-17-5-3-12(9)18-13/h2,4,6H,3,5,7-8H2,1H3. The summed E-state index contributed by atoms with van der Waals surface area (Å²) in [5.41, 5.74) is 2.21. The van der Waals surface area contributed by atoms with Gasteiger partial charge in [-0.2, -0.15) is 16.9 Å². The zero-order valence-electron chi connectivity index (χ0n) is 10.2. The molecule has 1 aliphatic heterocycles. The Morgan fingerprint density at radius 2 is 2.44 bits per heavy atom. The summed E-state index contributed by atoms with van der Waals surface area (Å²) in [7, 11) is 1.87. The van der Waals surface area contributed by atoms with Crippen LogP contribution < -0.4 is 0 Å². The molecule has 1 aliphatic rings.